The number of fused-ring (bicyclic) bond motifs is 2. The molecule has 6 rings (SSSR count). The van der Waals surface area contributed by atoms with Crippen LogP contribution in [-0.2, 0) is 23.0 Å². The first-order valence-corrected chi connectivity index (χ1v) is 20.5. The second kappa shape index (κ2) is 16.9. The van der Waals surface area contributed by atoms with Crippen LogP contribution in [0.5, 0.6) is 0 Å². The highest BCUT2D eigenvalue weighted by Gasteiger charge is 2.33. The van der Waals surface area contributed by atoms with Crippen molar-refractivity contribution < 1.29 is 27.9 Å². The number of unbranched alkanes of at least 4 members (excludes halogenated alkanes) is 2. The van der Waals surface area contributed by atoms with Crippen molar-refractivity contribution in [2.24, 2.45) is 0 Å². The van der Waals surface area contributed by atoms with Crippen molar-refractivity contribution in [3.63, 3.8) is 0 Å². The van der Waals surface area contributed by atoms with Crippen LogP contribution in [0.25, 0.3) is 16.5 Å². The number of aromatic nitrogens is 2. The zero-order valence-corrected chi connectivity index (χ0v) is 33.2. The number of hydrogen-bond acceptors (Lipinski definition) is 7. The number of carbonyl (C=O) groups is 3. The van der Waals surface area contributed by atoms with Gasteiger partial charge in [0.1, 0.15) is 0 Å². The van der Waals surface area contributed by atoms with Gasteiger partial charge in [-0.05, 0) is 79.1 Å². The van der Waals surface area contributed by atoms with E-state index in [-0.39, 0.29) is 51.5 Å². The SMILES string of the molecule is CCCCN(CCCC)C(=O)c1nn(-c2ccc(C(=O)NS(=O)(=O)c3ccc4cccc(Cl)c4c3)cc2C(=O)N2Cc3ccccc3CC2CO)c(C)c1Cl. The summed E-state index contributed by atoms with van der Waals surface area (Å²) in [7, 11) is -4.38. The molecule has 55 heavy (non-hydrogen) atoms. The average molecular weight is 805 g/mol. The molecular weight excluding hydrogens is 761 g/mol. The molecule has 5 aromatic rings. The third-order valence-electron chi connectivity index (χ3n) is 9.98. The summed E-state index contributed by atoms with van der Waals surface area (Å²) in [4.78, 5) is 45.4. The molecule has 0 saturated heterocycles. The number of benzene rings is 4. The molecule has 1 atom stereocenters. The predicted molar refractivity (Wildman–Crippen MR) is 214 cm³/mol. The summed E-state index contributed by atoms with van der Waals surface area (Å²) in [5, 5.41) is 16.8. The summed E-state index contributed by atoms with van der Waals surface area (Å²) < 4.78 is 30.6. The number of nitrogens with one attached hydrogen (secondary N) is 1. The van der Waals surface area contributed by atoms with Gasteiger partial charge in [-0.3, -0.25) is 14.4 Å². The minimum absolute atomic E-state index is 0.00421. The van der Waals surface area contributed by atoms with E-state index in [4.69, 9.17) is 23.2 Å². The van der Waals surface area contributed by atoms with E-state index in [2.05, 4.69) is 9.82 Å². The normalized spacial score (nSPS) is 14.1. The van der Waals surface area contributed by atoms with Crippen molar-refractivity contribution in [3.05, 3.63) is 123 Å². The van der Waals surface area contributed by atoms with E-state index < -0.39 is 27.9 Å². The van der Waals surface area contributed by atoms with Gasteiger partial charge in [-0.2, -0.15) is 5.10 Å². The molecule has 4 aromatic carbocycles. The fourth-order valence-corrected chi connectivity index (χ4v) is 8.25. The van der Waals surface area contributed by atoms with Gasteiger partial charge >= 0.3 is 0 Å². The third kappa shape index (κ3) is 8.28. The first-order chi connectivity index (χ1) is 26.4. The molecule has 0 bridgehead atoms. The second-order valence-electron chi connectivity index (χ2n) is 13.7. The van der Waals surface area contributed by atoms with Crippen LogP contribution in [0.4, 0.5) is 0 Å². The van der Waals surface area contributed by atoms with Crippen LogP contribution in [0.2, 0.25) is 10.0 Å². The molecule has 0 fully saturated rings. The first-order valence-electron chi connectivity index (χ1n) is 18.3. The molecule has 1 aliphatic heterocycles. The van der Waals surface area contributed by atoms with E-state index in [1.54, 1.807) is 36.1 Å². The van der Waals surface area contributed by atoms with Crippen molar-refractivity contribution in [1.29, 1.82) is 0 Å². The van der Waals surface area contributed by atoms with Gasteiger partial charge in [0, 0.05) is 35.6 Å². The molecule has 1 unspecified atom stereocenters. The lowest BCUT2D eigenvalue weighted by atomic mass is 9.93. The summed E-state index contributed by atoms with van der Waals surface area (Å²) in [5.41, 5.74) is 2.43. The Morgan fingerprint density at radius 2 is 1.64 bits per heavy atom. The highest BCUT2D eigenvalue weighted by atomic mass is 35.5. The molecule has 1 aromatic heterocycles. The Morgan fingerprint density at radius 1 is 0.927 bits per heavy atom. The second-order valence-corrected chi connectivity index (χ2v) is 16.2. The standard InChI is InChI=1S/C41H43Cl2N5O6S/c1-4-6-19-46(20-7-5-2)41(52)38-37(43)26(3)48(44-38)36-18-16-29(22-34(36)40(51)47-24-30-12-9-8-11-28(30)21-31(47)25-49)39(50)45-55(53,54)32-17-15-27-13-10-14-35(42)33(27)23-32/h8-18,22-23,31,49H,4-7,19-21,24-25H2,1-3H3,(H,45,50). The Labute approximate surface area is 330 Å². The van der Waals surface area contributed by atoms with Crippen molar-refractivity contribution in [2.45, 2.75) is 70.4 Å². The molecule has 288 valence electrons. The smallest absolute Gasteiger partial charge is 0.275 e. The molecule has 0 radical (unpaired) electrons. The Bertz CT molecular complexity index is 2370. The Morgan fingerprint density at radius 3 is 2.33 bits per heavy atom. The Kier molecular flexibility index (Phi) is 12.3. The summed E-state index contributed by atoms with van der Waals surface area (Å²) in [6, 6.07) is 20.8. The number of carbonyl (C=O) groups excluding carboxylic acids is 3. The molecule has 11 nitrogen and oxygen atoms in total. The first kappa shape index (κ1) is 39.9. The molecule has 3 amide bonds. The van der Waals surface area contributed by atoms with E-state index in [0.29, 0.717) is 35.6 Å². The van der Waals surface area contributed by atoms with Gasteiger partial charge in [-0.25, -0.2) is 17.8 Å². The number of aliphatic hydroxyl groups is 1. The molecule has 2 N–H and O–H groups in total. The maximum absolute atomic E-state index is 14.7. The van der Waals surface area contributed by atoms with Gasteiger partial charge in [0.15, 0.2) is 5.69 Å². The minimum atomic E-state index is -4.38. The quantitative estimate of drug-likeness (QED) is 0.127. The van der Waals surface area contributed by atoms with E-state index >= 15 is 0 Å². The number of aliphatic hydroxyl groups excluding tert-OH is 1. The number of sulfonamides is 1. The van der Waals surface area contributed by atoms with Crippen LogP contribution < -0.4 is 4.72 Å². The van der Waals surface area contributed by atoms with Gasteiger partial charge in [0.25, 0.3) is 27.7 Å². The topological polar surface area (TPSA) is 142 Å². The van der Waals surface area contributed by atoms with E-state index in [1.807, 2.05) is 38.1 Å². The predicted octanol–water partition coefficient (Wildman–Crippen LogP) is 7.36. The van der Waals surface area contributed by atoms with Gasteiger partial charge in [0.05, 0.1) is 39.5 Å². The molecule has 0 aliphatic carbocycles. The number of halogens is 2. The maximum Gasteiger partial charge on any atom is 0.275 e. The highest BCUT2D eigenvalue weighted by Crippen LogP contribution is 2.31. The van der Waals surface area contributed by atoms with Crippen molar-refractivity contribution in [2.75, 3.05) is 19.7 Å². The van der Waals surface area contributed by atoms with E-state index in [0.717, 1.165) is 42.2 Å². The lowest BCUT2D eigenvalue weighted by molar-refractivity contribution is 0.0544. The third-order valence-corrected chi connectivity index (χ3v) is 12.1. The zero-order valence-electron chi connectivity index (χ0n) is 30.9. The summed E-state index contributed by atoms with van der Waals surface area (Å²) in [5.74, 6) is -1.83. The van der Waals surface area contributed by atoms with Crippen LogP contribution in [0, 0.1) is 6.92 Å². The maximum atomic E-state index is 14.7. The molecule has 0 saturated carbocycles. The van der Waals surface area contributed by atoms with Crippen molar-refractivity contribution in [3.8, 4) is 5.69 Å². The molecular formula is C41H43Cl2N5O6S. The van der Waals surface area contributed by atoms with Crippen LogP contribution >= 0.6 is 23.2 Å². The van der Waals surface area contributed by atoms with Gasteiger partial charge in [-0.15, -0.1) is 0 Å². The summed E-state index contributed by atoms with van der Waals surface area (Å²) >= 11 is 13.1. The largest absolute Gasteiger partial charge is 0.394 e. The van der Waals surface area contributed by atoms with Crippen LogP contribution in [0.1, 0.15) is 87.6 Å². The summed E-state index contributed by atoms with van der Waals surface area (Å²) in [6.45, 7) is 6.72. The monoisotopic (exact) mass is 803 g/mol. The van der Waals surface area contributed by atoms with Gasteiger partial charge < -0.3 is 14.9 Å². The lowest BCUT2D eigenvalue weighted by Crippen LogP contribution is -2.46. The van der Waals surface area contributed by atoms with Crippen molar-refractivity contribution in [1.82, 2.24) is 24.3 Å². The fourth-order valence-electron chi connectivity index (χ4n) is 6.81. The molecule has 2 heterocycles. The minimum Gasteiger partial charge on any atom is -0.394 e. The van der Waals surface area contributed by atoms with Crippen LogP contribution in [0.3, 0.4) is 0 Å². The number of rotatable bonds is 13. The summed E-state index contributed by atoms with van der Waals surface area (Å²) in [6.07, 6.45) is 3.82. The molecule has 14 heteroatoms. The van der Waals surface area contributed by atoms with Crippen molar-refractivity contribution >= 4 is 61.7 Å². The van der Waals surface area contributed by atoms with Gasteiger partial charge in [-0.1, -0.05) is 92.4 Å². The number of amides is 3. The zero-order chi connectivity index (χ0) is 39.4. The van der Waals surface area contributed by atoms with Crippen LogP contribution in [-0.4, -0.2) is 76.6 Å². The molecule has 1 aliphatic rings. The lowest BCUT2D eigenvalue weighted by Gasteiger charge is -2.36. The Hall–Kier alpha value is -4.75. The molecule has 0 spiro atoms. The number of hydrogen-bond donors (Lipinski definition) is 2. The van der Waals surface area contributed by atoms with E-state index in [1.165, 1.54) is 39.9 Å². The highest BCUT2D eigenvalue weighted by molar-refractivity contribution is 7.90. The van der Waals surface area contributed by atoms with E-state index in [9.17, 15) is 27.9 Å². The Balaban J connectivity index is 1.41. The fraction of sp³-hybridized carbons (Fsp3) is 0.317. The van der Waals surface area contributed by atoms with Crippen LogP contribution in [0.15, 0.2) is 83.8 Å². The van der Waals surface area contributed by atoms with Gasteiger partial charge in [0.2, 0.25) is 0 Å². The average Bonchev–Trinajstić information content (AvgIpc) is 3.49. The number of nitrogens with zero attached hydrogens (tertiary/aromatic N) is 4.